The minimum absolute atomic E-state index is 0.0494. The molecule has 8 nitrogen and oxygen atoms in total. The highest BCUT2D eigenvalue weighted by Crippen LogP contribution is 2.63. The van der Waals surface area contributed by atoms with E-state index in [9.17, 15) is 18.6 Å². The lowest BCUT2D eigenvalue weighted by atomic mass is 9.82. The molecule has 37 heavy (non-hydrogen) atoms. The Bertz CT molecular complexity index is 1250. The molecule has 2 aromatic carbocycles. The molecule has 0 unspecified atom stereocenters. The minimum atomic E-state index is -3.47. The summed E-state index contributed by atoms with van der Waals surface area (Å²) in [5, 5.41) is 12.5. The third-order valence-electron chi connectivity index (χ3n) is 7.02. The van der Waals surface area contributed by atoms with Crippen LogP contribution in [-0.2, 0) is 6.54 Å². The van der Waals surface area contributed by atoms with Crippen molar-refractivity contribution in [3.05, 3.63) is 65.4 Å². The fourth-order valence-electron chi connectivity index (χ4n) is 5.46. The third-order valence-corrected chi connectivity index (χ3v) is 9.91. The molecule has 2 aliphatic heterocycles. The van der Waals surface area contributed by atoms with Gasteiger partial charge < -0.3 is 9.84 Å². The van der Waals surface area contributed by atoms with Crippen LogP contribution in [0.4, 0.5) is 15.2 Å². The molecule has 3 heterocycles. The zero-order chi connectivity index (χ0) is 26.4. The molecule has 0 radical (unpaired) electrons. The van der Waals surface area contributed by atoms with Crippen molar-refractivity contribution in [2.45, 2.75) is 57.8 Å². The van der Waals surface area contributed by atoms with E-state index in [1.54, 1.807) is 33.0 Å². The zero-order valence-corrected chi connectivity index (χ0v) is 22.8. The van der Waals surface area contributed by atoms with Gasteiger partial charge in [-0.3, -0.25) is 14.0 Å². The Kier molecular flexibility index (Phi) is 7.01. The summed E-state index contributed by atoms with van der Waals surface area (Å²) in [5.41, 5.74) is 0.863. The number of phenolic OH excluding ortho intramolecular Hbond substituents is 1. The lowest BCUT2D eigenvalue weighted by molar-refractivity contribution is 0.107. The van der Waals surface area contributed by atoms with Crippen molar-refractivity contribution >= 4 is 33.1 Å². The minimum Gasteiger partial charge on any atom is -0.504 e. The van der Waals surface area contributed by atoms with Crippen LogP contribution < -0.4 is 13.3 Å². The summed E-state index contributed by atoms with van der Waals surface area (Å²) in [6.45, 7) is 7.72. The van der Waals surface area contributed by atoms with E-state index in [0.717, 1.165) is 5.56 Å². The highest BCUT2D eigenvalue weighted by atomic mass is 32.3. The monoisotopic (exact) mass is 548 g/mol. The van der Waals surface area contributed by atoms with Gasteiger partial charge >= 0.3 is 0 Å². The van der Waals surface area contributed by atoms with Crippen LogP contribution in [0.25, 0.3) is 0 Å². The number of nitrogens with zero attached hydrogens (tertiary/aromatic N) is 4. The van der Waals surface area contributed by atoms with Gasteiger partial charge in [0.05, 0.1) is 23.9 Å². The van der Waals surface area contributed by atoms with Gasteiger partial charge in [0, 0.05) is 30.7 Å². The summed E-state index contributed by atoms with van der Waals surface area (Å²) in [7, 11) is -3.47. The van der Waals surface area contributed by atoms with Crippen LogP contribution in [0, 0.1) is 5.82 Å². The van der Waals surface area contributed by atoms with Crippen LogP contribution in [0.3, 0.4) is 0 Å². The molecule has 1 aromatic heterocycles. The molecular formula is C26H33FN4O4S2. The predicted molar refractivity (Wildman–Crippen MR) is 147 cm³/mol. The number of rotatable bonds is 6. The van der Waals surface area contributed by atoms with E-state index >= 15 is 0 Å². The summed E-state index contributed by atoms with van der Waals surface area (Å²) in [5.74, 6) is 0.162. The van der Waals surface area contributed by atoms with E-state index in [2.05, 4.69) is 16.8 Å². The molecule has 3 aromatic rings. The molecule has 3 N–H and O–H groups in total. The lowest BCUT2D eigenvalue weighted by Crippen LogP contribution is -2.57. The first kappa shape index (κ1) is 26.1. The number of ether oxygens (including phenoxy) is 1. The van der Waals surface area contributed by atoms with Crippen molar-refractivity contribution < 1.29 is 23.3 Å². The second-order valence-corrected chi connectivity index (χ2v) is 12.7. The molecule has 2 atom stereocenters. The fourth-order valence-corrected chi connectivity index (χ4v) is 8.44. The molecule has 2 saturated heterocycles. The van der Waals surface area contributed by atoms with E-state index in [1.165, 1.54) is 23.5 Å². The first-order valence-corrected chi connectivity index (χ1v) is 14.7. The normalized spacial score (nSPS) is 24.7. The third kappa shape index (κ3) is 4.98. The molecule has 0 saturated carbocycles. The number of anilines is 2. The van der Waals surface area contributed by atoms with Gasteiger partial charge in [0.25, 0.3) is 0 Å². The first-order valence-electron chi connectivity index (χ1n) is 12.3. The molecule has 2 fully saturated rings. The van der Waals surface area contributed by atoms with Gasteiger partial charge in [-0.1, -0.05) is 12.1 Å². The average molecular weight is 549 g/mol. The topological polar surface area (TPSA) is 92.5 Å². The number of halogens is 1. The van der Waals surface area contributed by atoms with Crippen LogP contribution in [0.1, 0.15) is 39.2 Å². The average Bonchev–Trinajstić information content (AvgIpc) is 3.42. The van der Waals surface area contributed by atoms with E-state index in [1.807, 2.05) is 31.4 Å². The Morgan fingerprint density at radius 3 is 2.73 bits per heavy atom. The molecule has 2 aliphatic rings. The predicted octanol–water partition coefficient (Wildman–Crippen LogP) is 6.11. The highest BCUT2D eigenvalue weighted by Gasteiger charge is 2.57. The number of aromatic hydroxyl groups is 1. The maximum absolute atomic E-state index is 14.3. The van der Waals surface area contributed by atoms with E-state index < -0.39 is 22.3 Å². The Labute approximate surface area is 222 Å². The number of likely N-dealkylation sites (tertiary alicyclic amines) is 1. The van der Waals surface area contributed by atoms with Crippen molar-refractivity contribution in [3.8, 4) is 11.5 Å². The first-order chi connectivity index (χ1) is 17.6. The van der Waals surface area contributed by atoms with E-state index in [4.69, 9.17) is 4.74 Å². The smallest absolute Gasteiger partial charge is 0.205 e. The van der Waals surface area contributed by atoms with Gasteiger partial charge in [-0.2, -0.15) is 0 Å². The maximum Gasteiger partial charge on any atom is 0.205 e. The summed E-state index contributed by atoms with van der Waals surface area (Å²) in [6, 6.07) is 11.6. The van der Waals surface area contributed by atoms with Crippen LogP contribution in [-0.4, -0.2) is 54.9 Å². The molecule has 200 valence electrons. The van der Waals surface area contributed by atoms with Gasteiger partial charge in [-0.15, -0.1) is 11.3 Å². The van der Waals surface area contributed by atoms with E-state index in [0.29, 0.717) is 49.0 Å². The van der Waals surface area contributed by atoms with Crippen molar-refractivity contribution in [2.24, 2.45) is 0 Å². The van der Waals surface area contributed by atoms with Gasteiger partial charge in [0.1, 0.15) is 5.82 Å². The van der Waals surface area contributed by atoms with Gasteiger partial charge in [0.2, 0.25) is 5.13 Å². The van der Waals surface area contributed by atoms with Crippen molar-refractivity contribution in [3.63, 3.8) is 0 Å². The lowest BCUT2D eigenvalue weighted by Gasteiger charge is -2.51. The maximum atomic E-state index is 14.3. The van der Waals surface area contributed by atoms with Crippen molar-refractivity contribution in [1.29, 1.82) is 0 Å². The standard InChI is InChI=1S/C26H33FN4O4S2/c1-18(2)35-24-13-20(7-8-23(24)32)16-29-11-9-26(15-19(29)3)17-30(25-28-10-12-36-25)37(33,34)31(26)22-6-4-5-21(27)14-22/h4-8,10,12-14,18-19,32-34H,9,11,15-17H2,1-3H3/t19-,26+/m0/s1. The van der Waals surface area contributed by atoms with Crippen LogP contribution in [0.2, 0.25) is 0 Å². The number of aromatic nitrogens is 1. The van der Waals surface area contributed by atoms with Gasteiger partial charge in [-0.25, -0.2) is 18.0 Å². The SMILES string of the molecule is CC(C)Oc1cc(CN2CC[C@@]3(C[C@@H]2C)CN(c2nccs2)S(O)(O)N3c2cccc(F)c2)ccc1O. The Hall–Kier alpha value is -2.57. The second kappa shape index (κ2) is 9.95. The molecule has 0 amide bonds. The second-order valence-electron chi connectivity index (χ2n) is 10.1. The number of hydrogen-bond acceptors (Lipinski definition) is 9. The van der Waals surface area contributed by atoms with Gasteiger partial charge in [0.15, 0.2) is 11.5 Å². The molecular weight excluding hydrogens is 515 g/mol. The summed E-state index contributed by atoms with van der Waals surface area (Å²) < 4.78 is 46.4. The Morgan fingerprint density at radius 1 is 1.24 bits per heavy atom. The largest absolute Gasteiger partial charge is 0.504 e. The highest BCUT2D eigenvalue weighted by molar-refractivity contribution is 8.27. The van der Waals surface area contributed by atoms with Crippen molar-refractivity contribution in [2.75, 3.05) is 21.7 Å². The molecule has 5 rings (SSSR count). The summed E-state index contributed by atoms with van der Waals surface area (Å²) in [6.07, 6.45) is 2.90. The number of hydrogen-bond donors (Lipinski definition) is 3. The fraction of sp³-hybridized carbons (Fsp3) is 0.423. The van der Waals surface area contributed by atoms with Gasteiger partial charge in [-0.05, 0) is 80.5 Å². The number of phenols is 1. The summed E-state index contributed by atoms with van der Waals surface area (Å²) >= 11 is 1.35. The number of piperidine rings is 1. The Balaban J connectivity index is 1.43. The van der Waals surface area contributed by atoms with Crippen LogP contribution in [0.15, 0.2) is 54.0 Å². The quantitative estimate of drug-likeness (QED) is 0.340. The molecule has 0 aliphatic carbocycles. The zero-order valence-electron chi connectivity index (χ0n) is 21.1. The number of benzene rings is 2. The summed E-state index contributed by atoms with van der Waals surface area (Å²) in [4.78, 5) is 6.69. The van der Waals surface area contributed by atoms with Crippen molar-refractivity contribution in [1.82, 2.24) is 9.88 Å². The van der Waals surface area contributed by atoms with E-state index in [-0.39, 0.29) is 17.9 Å². The van der Waals surface area contributed by atoms with Crippen LogP contribution in [0.5, 0.6) is 11.5 Å². The molecule has 0 bridgehead atoms. The molecule has 1 spiro atoms. The number of thiazole rings is 1. The van der Waals surface area contributed by atoms with Crippen LogP contribution >= 0.6 is 22.3 Å². The Morgan fingerprint density at radius 2 is 2.05 bits per heavy atom. The molecule has 11 heteroatoms.